The van der Waals surface area contributed by atoms with E-state index in [1.54, 1.807) is 6.07 Å². The zero-order chi connectivity index (χ0) is 12.7. The van der Waals surface area contributed by atoms with E-state index >= 15 is 0 Å². The molecule has 1 aromatic heterocycles. The molecule has 1 rings (SSSR count). The minimum atomic E-state index is -0.586. The van der Waals surface area contributed by atoms with Gasteiger partial charge in [-0.1, -0.05) is 11.6 Å². The summed E-state index contributed by atoms with van der Waals surface area (Å²) in [5.74, 6) is -1.02. The van der Waals surface area contributed by atoms with Gasteiger partial charge in [0.2, 0.25) is 0 Å². The van der Waals surface area contributed by atoms with Crippen molar-refractivity contribution >= 4 is 34.8 Å². The summed E-state index contributed by atoms with van der Waals surface area (Å²) in [4.78, 5) is 22.9. The van der Waals surface area contributed by atoms with Crippen molar-refractivity contribution < 1.29 is 14.3 Å². The molecule has 7 heteroatoms. The summed E-state index contributed by atoms with van der Waals surface area (Å²) < 4.78 is 5.23. The molecule has 0 aliphatic carbocycles. The van der Waals surface area contributed by atoms with Crippen LogP contribution in [-0.2, 0) is 9.53 Å². The van der Waals surface area contributed by atoms with Crippen LogP contribution in [0.25, 0.3) is 0 Å². The van der Waals surface area contributed by atoms with E-state index in [1.165, 1.54) is 6.07 Å². The van der Waals surface area contributed by atoms with Crippen molar-refractivity contribution in [2.45, 2.75) is 6.42 Å². The van der Waals surface area contributed by atoms with Crippen LogP contribution in [0.15, 0.2) is 12.1 Å². The summed E-state index contributed by atoms with van der Waals surface area (Å²) in [5.41, 5.74) is 0. The number of esters is 1. The van der Waals surface area contributed by atoms with E-state index < -0.39 is 11.9 Å². The molecule has 0 unspecified atom stereocenters. The van der Waals surface area contributed by atoms with Crippen molar-refractivity contribution in [3.63, 3.8) is 0 Å². The number of carbonyl (C=O) groups is 2. The van der Waals surface area contributed by atoms with Gasteiger partial charge in [0.25, 0.3) is 5.91 Å². The van der Waals surface area contributed by atoms with E-state index in [4.69, 9.17) is 21.6 Å². The molecule has 0 spiro atoms. The number of ether oxygens (including phenoxy) is 1. The second-order valence-corrected chi connectivity index (χ2v) is 4.65. The van der Waals surface area contributed by atoms with Gasteiger partial charge >= 0.3 is 5.97 Å². The molecule has 0 saturated heterocycles. The maximum absolute atomic E-state index is 11.4. The summed E-state index contributed by atoms with van der Waals surface area (Å²) in [7, 11) is 0. The highest BCUT2D eigenvalue weighted by atomic mass is 35.5. The standard InChI is InChI=1S/C10H9ClN2O3S/c11-8-3-2-7(17-8)10(15)16-6-9(14)13-5-1-4-12/h2-3H,1,5-6H2,(H,13,14). The third kappa shape index (κ3) is 4.85. The van der Waals surface area contributed by atoms with Crippen molar-refractivity contribution in [3.8, 4) is 6.07 Å². The van der Waals surface area contributed by atoms with Crippen LogP contribution in [0.4, 0.5) is 0 Å². The lowest BCUT2D eigenvalue weighted by molar-refractivity contribution is -0.124. The monoisotopic (exact) mass is 272 g/mol. The summed E-state index contributed by atoms with van der Waals surface area (Å²) >= 11 is 6.74. The van der Waals surface area contributed by atoms with E-state index in [2.05, 4.69) is 5.32 Å². The van der Waals surface area contributed by atoms with Gasteiger partial charge in [-0.15, -0.1) is 11.3 Å². The van der Waals surface area contributed by atoms with Crippen molar-refractivity contribution in [1.29, 1.82) is 5.26 Å². The van der Waals surface area contributed by atoms with Crippen LogP contribution < -0.4 is 5.32 Å². The molecule has 1 N–H and O–H groups in total. The third-order valence-electron chi connectivity index (χ3n) is 1.67. The molecule has 17 heavy (non-hydrogen) atoms. The molecule has 5 nitrogen and oxygen atoms in total. The van der Waals surface area contributed by atoms with Crippen LogP contribution in [0.3, 0.4) is 0 Å². The molecule has 0 bridgehead atoms. The third-order valence-corrected chi connectivity index (χ3v) is 2.88. The molecule has 0 fully saturated rings. The lowest BCUT2D eigenvalue weighted by atomic mass is 10.4. The number of carbonyl (C=O) groups excluding carboxylic acids is 2. The van der Waals surface area contributed by atoms with Crippen molar-refractivity contribution in [3.05, 3.63) is 21.3 Å². The van der Waals surface area contributed by atoms with E-state index in [-0.39, 0.29) is 19.6 Å². The highest BCUT2D eigenvalue weighted by Gasteiger charge is 2.11. The topological polar surface area (TPSA) is 79.2 Å². The second kappa shape index (κ2) is 6.89. The van der Waals surface area contributed by atoms with E-state index in [1.807, 2.05) is 6.07 Å². The molecular weight excluding hydrogens is 264 g/mol. The largest absolute Gasteiger partial charge is 0.451 e. The average molecular weight is 273 g/mol. The molecule has 1 heterocycles. The first-order valence-electron chi connectivity index (χ1n) is 4.69. The first-order valence-corrected chi connectivity index (χ1v) is 5.89. The fourth-order valence-corrected chi connectivity index (χ4v) is 1.87. The van der Waals surface area contributed by atoms with Crippen molar-refractivity contribution in [1.82, 2.24) is 5.32 Å². The maximum atomic E-state index is 11.4. The Labute approximate surface area is 107 Å². The lowest BCUT2D eigenvalue weighted by Crippen LogP contribution is -2.29. The lowest BCUT2D eigenvalue weighted by Gasteiger charge is -2.03. The van der Waals surface area contributed by atoms with Gasteiger partial charge in [0.05, 0.1) is 16.8 Å². The number of hydrogen-bond donors (Lipinski definition) is 1. The quantitative estimate of drug-likeness (QED) is 0.652. The fourth-order valence-electron chi connectivity index (χ4n) is 0.935. The van der Waals surface area contributed by atoms with Crippen LogP contribution in [0, 0.1) is 11.3 Å². The summed E-state index contributed by atoms with van der Waals surface area (Å²) in [6, 6.07) is 4.99. The number of nitriles is 1. The Morgan fingerprint density at radius 3 is 2.88 bits per heavy atom. The van der Waals surface area contributed by atoms with Gasteiger partial charge in [-0.25, -0.2) is 4.79 Å². The van der Waals surface area contributed by atoms with Crippen LogP contribution >= 0.6 is 22.9 Å². The number of nitrogens with zero attached hydrogens (tertiary/aromatic N) is 1. The minimum absolute atomic E-state index is 0.222. The van der Waals surface area contributed by atoms with E-state index in [0.717, 1.165) is 11.3 Å². The summed E-state index contributed by atoms with van der Waals surface area (Å²) in [6.45, 7) is -0.114. The van der Waals surface area contributed by atoms with Crippen LogP contribution in [0.2, 0.25) is 4.34 Å². The number of thiophene rings is 1. The Morgan fingerprint density at radius 2 is 2.29 bits per heavy atom. The van der Waals surface area contributed by atoms with Gasteiger partial charge in [0.15, 0.2) is 6.61 Å². The highest BCUT2D eigenvalue weighted by Crippen LogP contribution is 2.21. The number of halogens is 1. The Kier molecular flexibility index (Phi) is 5.46. The van der Waals surface area contributed by atoms with Gasteiger partial charge in [0.1, 0.15) is 4.88 Å². The molecule has 0 aliphatic heterocycles. The summed E-state index contributed by atoms with van der Waals surface area (Å²) in [6.07, 6.45) is 0.222. The van der Waals surface area contributed by atoms with Gasteiger partial charge < -0.3 is 10.1 Å². The molecule has 1 aromatic rings. The zero-order valence-electron chi connectivity index (χ0n) is 8.73. The smallest absolute Gasteiger partial charge is 0.348 e. The normalized spacial score (nSPS) is 9.41. The molecule has 0 saturated carbocycles. The first kappa shape index (κ1) is 13.5. The van der Waals surface area contributed by atoms with Crippen LogP contribution in [0.5, 0.6) is 0 Å². The Morgan fingerprint density at radius 1 is 1.53 bits per heavy atom. The molecule has 0 aliphatic rings. The molecular formula is C10H9ClN2O3S. The number of amides is 1. The average Bonchev–Trinajstić information content (AvgIpc) is 2.73. The van der Waals surface area contributed by atoms with Gasteiger partial charge in [-0.05, 0) is 12.1 Å². The highest BCUT2D eigenvalue weighted by molar-refractivity contribution is 7.17. The Bertz CT molecular complexity index is 453. The number of nitrogens with one attached hydrogen (secondary N) is 1. The van der Waals surface area contributed by atoms with Gasteiger partial charge in [-0.2, -0.15) is 5.26 Å². The van der Waals surface area contributed by atoms with Gasteiger partial charge in [-0.3, -0.25) is 4.79 Å². The van der Waals surface area contributed by atoms with Crippen LogP contribution in [-0.4, -0.2) is 25.0 Å². The van der Waals surface area contributed by atoms with Gasteiger partial charge in [0, 0.05) is 6.54 Å². The fraction of sp³-hybridized carbons (Fsp3) is 0.300. The molecule has 90 valence electrons. The van der Waals surface area contributed by atoms with Crippen molar-refractivity contribution in [2.24, 2.45) is 0 Å². The molecule has 1 amide bonds. The minimum Gasteiger partial charge on any atom is -0.451 e. The SMILES string of the molecule is N#CCCNC(=O)COC(=O)c1ccc(Cl)s1. The first-order chi connectivity index (χ1) is 8.13. The zero-order valence-corrected chi connectivity index (χ0v) is 10.3. The Hall–Kier alpha value is -1.58. The number of hydrogen-bond acceptors (Lipinski definition) is 5. The van der Waals surface area contributed by atoms with Crippen molar-refractivity contribution in [2.75, 3.05) is 13.2 Å². The Balaban J connectivity index is 2.29. The van der Waals surface area contributed by atoms with E-state index in [0.29, 0.717) is 9.21 Å². The maximum Gasteiger partial charge on any atom is 0.348 e. The predicted molar refractivity (Wildman–Crippen MR) is 62.9 cm³/mol. The second-order valence-electron chi connectivity index (χ2n) is 2.94. The molecule has 0 radical (unpaired) electrons. The number of rotatable bonds is 5. The molecule has 0 aromatic carbocycles. The van der Waals surface area contributed by atoms with Crippen LogP contribution in [0.1, 0.15) is 16.1 Å². The predicted octanol–water partition coefficient (Wildman–Crippen LogP) is 1.59. The van der Waals surface area contributed by atoms with E-state index in [9.17, 15) is 9.59 Å². The summed E-state index contributed by atoms with van der Waals surface area (Å²) in [5, 5.41) is 10.7. The molecule has 0 atom stereocenters.